The first-order valence-corrected chi connectivity index (χ1v) is 6.43. The normalized spacial score (nSPS) is 10.8. The molecule has 6 nitrogen and oxygen atoms in total. The molecule has 0 unspecified atom stereocenters. The summed E-state index contributed by atoms with van der Waals surface area (Å²) in [4.78, 5) is 11.7. The van der Waals surface area contributed by atoms with Gasteiger partial charge in [0.15, 0.2) is 0 Å². The van der Waals surface area contributed by atoms with E-state index >= 15 is 0 Å². The minimum Gasteiger partial charge on any atom is -0.423 e. The molecule has 1 aromatic heterocycles. The number of carbonyl (C=O) groups excluding carboxylic acids is 1. The Balaban J connectivity index is 1.93. The van der Waals surface area contributed by atoms with Crippen LogP contribution >= 0.6 is 0 Å². The Morgan fingerprint density at radius 1 is 1.45 bits per heavy atom. The van der Waals surface area contributed by atoms with Gasteiger partial charge in [-0.2, -0.15) is 0 Å². The molecule has 20 heavy (non-hydrogen) atoms. The van der Waals surface area contributed by atoms with Crippen molar-refractivity contribution in [3.05, 3.63) is 30.7 Å². The molecule has 0 aliphatic heterocycles. The van der Waals surface area contributed by atoms with Gasteiger partial charge < -0.3 is 14.5 Å². The van der Waals surface area contributed by atoms with E-state index in [1.54, 1.807) is 12.1 Å². The van der Waals surface area contributed by atoms with Gasteiger partial charge in [-0.3, -0.25) is 4.79 Å². The topological polar surface area (TPSA) is 77.2 Å². The zero-order valence-electron chi connectivity index (χ0n) is 11.5. The first-order valence-electron chi connectivity index (χ1n) is 6.43. The van der Waals surface area contributed by atoms with Gasteiger partial charge in [0.05, 0.1) is 19.1 Å². The van der Waals surface area contributed by atoms with E-state index in [1.807, 2.05) is 26.0 Å². The average Bonchev–Trinajstić information content (AvgIpc) is 2.92. The fourth-order valence-electron chi connectivity index (χ4n) is 1.64. The summed E-state index contributed by atoms with van der Waals surface area (Å²) in [6.07, 6.45) is 1.72. The van der Waals surface area contributed by atoms with E-state index in [1.165, 1.54) is 6.39 Å². The molecule has 0 fully saturated rings. The van der Waals surface area contributed by atoms with Crippen molar-refractivity contribution in [2.75, 3.05) is 11.9 Å². The summed E-state index contributed by atoms with van der Waals surface area (Å²) in [6, 6.07) is 7.25. The van der Waals surface area contributed by atoms with Crippen molar-refractivity contribution in [2.45, 2.75) is 26.4 Å². The van der Waals surface area contributed by atoms with E-state index < -0.39 is 0 Å². The molecule has 1 heterocycles. The maximum atomic E-state index is 11.7. The summed E-state index contributed by atoms with van der Waals surface area (Å²) in [7, 11) is 0. The predicted octanol–water partition coefficient (Wildman–Crippen LogP) is 2.49. The van der Waals surface area contributed by atoms with Gasteiger partial charge in [-0.25, -0.2) is 0 Å². The SMILES string of the molecule is CC(C)OCCC(=O)Nc1cccc(-c2nnco2)c1. The van der Waals surface area contributed by atoms with Gasteiger partial charge in [-0.05, 0) is 32.0 Å². The second kappa shape index (κ2) is 6.81. The third kappa shape index (κ3) is 4.17. The van der Waals surface area contributed by atoms with Crippen LogP contribution in [0.3, 0.4) is 0 Å². The monoisotopic (exact) mass is 275 g/mol. The molecule has 2 aromatic rings. The fraction of sp³-hybridized carbons (Fsp3) is 0.357. The van der Waals surface area contributed by atoms with E-state index in [-0.39, 0.29) is 12.0 Å². The molecular formula is C14H17N3O3. The number of carbonyl (C=O) groups is 1. The Morgan fingerprint density at radius 2 is 2.30 bits per heavy atom. The number of rotatable bonds is 6. The van der Waals surface area contributed by atoms with Crippen molar-refractivity contribution in [2.24, 2.45) is 0 Å². The summed E-state index contributed by atoms with van der Waals surface area (Å²) < 4.78 is 10.5. The number of hydrogen-bond donors (Lipinski definition) is 1. The Labute approximate surface area is 117 Å². The number of nitrogens with one attached hydrogen (secondary N) is 1. The number of amides is 1. The van der Waals surface area contributed by atoms with Gasteiger partial charge in [-0.1, -0.05) is 6.07 Å². The fourth-order valence-corrected chi connectivity index (χ4v) is 1.64. The Morgan fingerprint density at radius 3 is 3.00 bits per heavy atom. The van der Waals surface area contributed by atoms with Gasteiger partial charge in [0, 0.05) is 11.3 Å². The molecule has 106 valence electrons. The summed E-state index contributed by atoms with van der Waals surface area (Å²) >= 11 is 0. The lowest BCUT2D eigenvalue weighted by Crippen LogP contribution is -2.15. The van der Waals surface area contributed by atoms with Crippen LogP contribution in [0.15, 0.2) is 35.1 Å². The highest BCUT2D eigenvalue weighted by Crippen LogP contribution is 2.20. The van der Waals surface area contributed by atoms with Crippen LogP contribution in [0.25, 0.3) is 11.5 Å². The van der Waals surface area contributed by atoms with Gasteiger partial charge >= 0.3 is 0 Å². The van der Waals surface area contributed by atoms with Crippen LogP contribution in [0.4, 0.5) is 5.69 Å². The van der Waals surface area contributed by atoms with Crippen LogP contribution in [0, 0.1) is 0 Å². The predicted molar refractivity (Wildman–Crippen MR) is 74.1 cm³/mol. The van der Waals surface area contributed by atoms with Gasteiger partial charge in [0.25, 0.3) is 0 Å². The van der Waals surface area contributed by atoms with Crippen molar-refractivity contribution in [3.63, 3.8) is 0 Å². The highest BCUT2D eigenvalue weighted by atomic mass is 16.5. The van der Waals surface area contributed by atoms with E-state index in [0.29, 0.717) is 24.6 Å². The number of anilines is 1. The van der Waals surface area contributed by atoms with Crippen molar-refractivity contribution in [1.29, 1.82) is 0 Å². The molecule has 2 rings (SSSR count). The Bertz CT molecular complexity index is 553. The van der Waals surface area contributed by atoms with Crippen LogP contribution in [0.2, 0.25) is 0 Å². The van der Waals surface area contributed by atoms with Crippen molar-refractivity contribution in [1.82, 2.24) is 10.2 Å². The van der Waals surface area contributed by atoms with Crippen LogP contribution in [-0.4, -0.2) is 28.8 Å². The molecule has 0 saturated heterocycles. The zero-order valence-corrected chi connectivity index (χ0v) is 11.5. The summed E-state index contributed by atoms with van der Waals surface area (Å²) in [6.45, 7) is 4.28. The number of benzene rings is 1. The molecular weight excluding hydrogens is 258 g/mol. The minimum atomic E-state index is -0.0895. The zero-order chi connectivity index (χ0) is 14.4. The molecule has 0 aliphatic rings. The number of hydrogen-bond acceptors (Lipinski definition) is 5. The van der Waals surface area contributed by atoms with E-state index in [2.05, 4.69) is 15.5 Å². The van der Waals surface area contributed by atoms with E-state index in [4.69, 9.17) is 9.15 Å². The van der Waals surface area contributed by atoms with Crippen molar-refractivity contribution in [3.8, 4) is 11.5 Å². The molecule has 0 bridgehead atoms. The minimum absolute atomic E-state index is 0.0895. The maximum Gasteiger partial charge on any atom is 0.247 e. The lowest BCUT2D eigenvalue weighted by Gasteiger charge is -2.08. The average molecular weight is 275 g/mol. The standard InChI is InChI=1S/C14H17N3O3/c1-10(2)19-7-6-13(18)16-12-5-3-4-11(8-12)14-17-15-9-20-14/h3-5,8-10H,6-7H2,1-2H3,(H,16,18). The lowest BCUT2D eigenvalue weighted by molar-refractivity contribution is -0.117. The largest absolute Gasteiger partial charge is 0.423 e. The van der Waals surface area contributed by atoms with Crippen molar-refractivity contribution >= 4 is 11.6 Å². The first kappa shape index (κ1) is 14.2. The third-order valence-electron chi connectivity index (χ3n) is 2.53. The molecule has 0 saturated carbocycles. The quantitative estimate of drug-likeness (QED) is 0.876. The van der Waals surface area contributed by atoms with Gasteiger partial charge in [0.1, 0.15) is 0 Å². The number of ether oxygens (including phenoxy) is 1. The molecule has 0 aliphatic carbocycles. The van der Waals surface area contributed by atoms with Gasteiger partial charge in [-0.15, -0.1) is 10.2 Å². The molecule has 0 radical (unpaired) electrons. The Hall–Kier alpha value is -2.21. The van der Waals surface area contributed by atoms with E-state index in [0.717, 1.165) is 5.56 Å². The molecule has 0 atom stereocenters. The van der Waals surface area contributed by atoms with Crippen molar-refractivity contribution < 1.29 is 13.9 Å². The second-order valence-corrected chi connectivity index (χ2v) is 4.54. The third-order valence-corrected chi connectivity index (χ3v) is 2.53. The van der Waals surface area contributed by atoms with Crippen LogP contribution in [0.5, 0.6) is 0 Å². The summed E-state index contributed by atoms with van der Waals surface area (Å²) in [5, 5.41) is 10.3. The highest BCUT2D eigenvalue weighted by molar-refractivity contribution is 5.91. The van der Waals surface area contributed by atoms with Crippen LogP contribution in [-0.2, 0) is 9.53 Å². The second-order valence-electron chi connectivity index (χ2n) is 4.54. The molecule has 1 N–H and O–H groups in total. The number of aromatic nitrogens is 2. The summed E-state index contributed by atoms with van der Waals surface area (Å²) in [5.41, 5.74) is 1.45. The highest BCUT2D eigenvalue weighted by Gasteiger charge is 2.07. The van der Waals surface area contributed by atoms with Crippen LogP contribution in [0.1, 0.15) is 20.3 Å². The summed E-state index contributed by atoms with van der Waals surface area (Å²) in [5.74, 6) is 0.331. The van der Waals surface area contributed by atoms with Crippen LogP contribution < -0.4 is 5.32 Å². The Kier molecular flexibility index (Phi) is 4.84. The maximum absolute atomic E-state index is 11.7. The molecule has 1 aromatic carbocycles. The first-order chi connectivity index (χ1) is 9.65. The molecule has 6 heteroatoms. The van der Waals surface area contributed by atoms with Gasteiger partial charge in [0.2, 0.25) is 18.2 Å². The lowest BCUT2D eigenvalue weighted by atomic mass is 10.2. The van der Waals surface area contributed by atoms with E-state index in [9.17, 15) is 4.79 Å². The molecule has 0 spiro atoms. The smallest absolute Gasteiger partial charge is 0.247 e. The molecule has 1 amide bonds. The number of nitrogens with zero attached hydrogens (tertiary/aromatic N) is 2.